The second kappa shape index (κ2) is 10.5. The van der Waals surface area contributed by atoms with Crippen molar-refractivity contribution >= 4 is 5.91 Å². The molecule has 6 nitrogen and oxygen atoms in total. The molecule has 0 aliphatic carbocycles. The van der Waals surface area contributed by atoms with Gasteiger partial charge in [-0.1, -0.05) is 18.2 Å². The number of amides is 1. The maximum atomic E-state index is 12.2. The summed E-state index contributed by atoms with van der Waals surface area (Å²) in [6.45, 7) is 8.51. The van der Waals surface area contributed by atoms with Gasteiger partial charge in [-0.25, -0.2) is 0 Å². The molecule has 0 unspecified atom stereocenters. The van der Waals surface area contributed by atoms with Gasteiger partial charge < -0.3 is 19.7 Å². The minimum absolute atomic E-state index is 0.0933. The first kappa shape index (κ1) is 19.1. The average molecular weight is 361 g/mol. The third-order valence-corrected chi connectivity index (χ3v) is 5.03. The van der Waals surface area contributed by atoms with Crippen molar-refractivity contribution in [2.75, 3.05) is 59.1 Å². The fraction of sp³-hybridized carbons (Fsp3) is 0.650. The van der Waals surface area contributed by atoms with Crippen molar-refractivity contribution in [1.29, 1.82) is 0 Å². The lowest BCUT2D eigenvalue weighted by molar-refractivity contribution is -0.132. The molecule has 6 heteroatoms. The van der Waals surface area contributed by atoms with Crippen LogP contribution in [0.25, 0.3) is 0 Å². The SMILES string of the molecule is O=C(COc1ccccc1CNCCCN1CCOCC1)N1CCCC1. The fourth-order valence-corrected chi connectivity index (χ4v) is 3.46. The summed E-state index contributed by atoms with van der Waals surface area (Å²) in [7, 11) is 0. The van der Waals surface area contributed by atoms with E-state index in [0.717, 1.165) is 89.6 Å². The molecule has 2 heterocycles. The van der Waals surface area contributed by atoms with Gasteiger partial charge in [-0.3, -0.25) is 9.69 Å². The van der Waals surface area contributed by atoms with Crippen LogP contribution in [0.4, 0.5) is 0 Å². The van der Waals surface area contributed by atoms with E-state index >= 15 is 0 Å². The average Bonchev–Trinajstić information content (AvgIpc) is 3.22. The van der Waals surface area contributed by atoms with Crippen LogP contribution < -0.4 is 10.1 Å². The lowest BCUT2D eigenvalue weighted by Crippen LogP contribution is -2.37. The van der Waals surface area contributed by atoms with E-state index in [-0.39, 0.29) is 12.5 Å². The number of likely N-dealkylation sites (tertiary alicyclic amines) is 1. The van der Waals surface area contributed by atoms with Crippen molar-refractivity contribution in [3.63, 3.8) is 0 Å². The maximum absolute atomic E-state index is 12.2. The monoisotopic (exact) mass is 361 g/mol. The minimum Gasteiger partial charge on any atom is -0.483 e. The number of ether oxygens (including phenoxy) is 2. The van der Waals surface area contributed by atoms with E-state index < -0.39 is 0 Å². The van der Waals surface area contributed by atoms with Crippen LogP contribution in [-0.4, -0.2) is 74.8 Å². The Morgan fingerprint density at radius 2 is 1.88 bits per heavy atom. The van der Waals surface area contributed by atoms with Gasteiger partial charge in [0, 0.05) is 38.3 Å². The Labute approximate surface area is 156 Å². The molecule has 2 saturated heterocycles. The second-order valence-electron chi connectivity index (χ2n) is 6.97. The molecular formula is C20H31N3O3. The summed E-state index contributed by atoms with van der Waals surface area (Å²) in [5.41, 5.74) is 1.10. The molecule has 1 aromatic rings. The summed E-state index contributed by atoms with van der Waals surface area (Å²) in [5, 5.41) is 3.49. The number of nitrogens with one attached hydrogen (secondary N) is 1. The summed E-state index contributed by atoms with van der Waals surface area (Å²) < 4.78 is 11.2. The first-order valence-corrected chi connectivity index (χ1v) is 9.82. The van der Waals surface area contributed by atoms with E-state index in [1.807, 2.05) is 23.1 Å². The van der Waals surface area contributed by atoms with Gasteiger partial charge in [-0.15, -0.1) is 0 Å². The summed E-state index contributed by atoms with van der Waals surface area (Å²) in [5.74, 6) is 0.900. The van der Waals surface area contributed by atoms with Crippen LogP contribution in [0.15, 0.2) is 24.3 Å². The van der Waals surface area contributed by atoms with Gasteiger partial charge in [0.15, 0.2) is 6.61 Å². The Morgan fingerprint density at radius 3 is 2.69 bits per heavy atom. The predicted octanol–water partition coefficient (Wildman–Crippen LogP) is 1.50. The van der Waals surface area contributed by atoms with Gasteiger partial charge in [-0.2, -0.15) is 0 Å². The number of hydrogen-bond acceptors (Lipinski definition) is 5. The van der Waals surface area contributed by atoms with E-state index in [1.165, 1.54) is 0 Å². The van der Waals surface area contributed by atoms with Gasteiger partial charge >= 0.3 is 0 Å². The first-order valence-electron chi connectivity index (χ1n) is 9.82. The molecule has 0 radical (unpaired) electrons. The Kier molecular flexibility index (Phi) is 7.73. The molecule has 1 N–H and O–H groups in total. The van der Waals surface area contributed by atoms with E-state index in [0.29, 0.717) is 0 Å². The summed E-state index contributed by atoms with van der Waals surface area (Å²) >= 11 is 0. The molecule has 3 rings (SSSR count). The highest BCUT2D eigenvalue weighted by Gasteiger charge is 2.18. The summed E-state index contributed by atoms with van der Waals surface area (Å²) in [4.78, 5) is 16.5. The van der Waals surface area contributed by atoms with Crippen molar-refractivity contribution in [2.45, 2.75) is 25.8 Å². The van der Waals surface area contributed by atoms with Crippen molar-refractivity contribution < 1.29 is 14.3 Å². The second-order valence-corrected chi connectivity index (χ2v) is 6.97. The minimum atomic E-state index is 0.0933. The number of carbonyl (C=O) groups excluding carboxylic acids is 1. The van der Waals surface area contributed by atoms with Crippen LogP contribution in [0.3, 0.4) is 0 Å². The Balaban J connectivity index is 1.36. The number of carbonyl (C=O) groups is 1. The quantitative estimate of drug-likeness (QED) is 0.676. The number of benzene rings is 1. The van der Waals surface area contributed by atoms with Gasteiger partial charge in [-0.05, 0) is 38.4 Å². The van der Waals surface area contributed by atoms with Crippen LogP contribution in [0.2, 0.25) is 0 Å². The third-order valence-electron chi connectivity index (χ3n) is 5.03. The summed E-state index contributed by atoms with van der Waals surface area (Å²) in [6, 6.07) is 7.98. The Morgan fingerprint density at radius 1 is 1.12 bits per heavy atom. The van der Waals surface area contributed by atoms with Crippen LogP contribution >= 0.6 is 0 Å². The van der Waals surface area contributed by atoms with Gasteiger partial charge in [0.1, 0.15) is 5.75 Å². The molecule has 1 amide bonds. The molecule has 144 valence electrons. The molecule has 0 spiro atoms. The van der Waals surface area contributed by atoms with Crippen molar-refractivity contribution in [2.24, 2.45) is 0 Å². The van der Waals surface area contributed by atoms with Crippen molar-refractivity contribution in [3.8, 4) is 5.75 Å². The highest BCUT2D eigenvalue weighted by Crippen LogP contribution is 2.18. The number of hydrogen-bond donors (Lipinski definition) is 1. The molecule has 2 aliphatic rings. The van der Waals surface area contributed by atoms with E-state index in [4.69, 9.17) is 9.47 Å². The Bertz CT molecular complexity index is 555. The van der Waals surface area contributed by atoms with Crippen molar-refractivity contribution in [1.82, 2.24) is 15.1 Å². The first-order chi connectivity index (χ1) is 12.8. The Hall–Kier alpha value is -1.63. The van der Waals surface area contributed by atoms with Crippen molar-refractivity contribution in [3.05, 3.63) is 29.8 Å². The standard InChI is InChI=1S/C20H31N3O3/c24-20(23-10-3-4-11-23)17-26-19-7-2-1-6-18(19)16-21-8-5-9-22-12-14-25-15-13-22/h1-2,6-7,21H,3-5,8-17H2. The van der Waals surface area contributed by atoms with E-state index in [1.54, 1.807) is 0 Å². The molecule has 0 aromatic heterocycles. The zero-order valence-electron chi connectivity index (χ0n) is 15.6. The third kappa shape index (κ3) is 5.97. The predicted molar refractivity (Wildman–Crippen MR) is 101 cm³/mol. The number of para-hydroxylation sites is 1. The molecule has 2 aliphatic heterocycles. The molecule has 0 saturated carbocycles. The molecule has 2 fully saturated rings. The van der Waals surface area contributed by atoms with Gasteiger partial charge in [0.2, 0.25) is 0 Å². The van der Waals surface area contributed by atoms with Crippen LogP contribution in [0, 0.1) is 0 Å². The fourth-order valence-electron chi connectivity index (χ4n) is 3.46. The zero-order valence-corrected chi connectivity index (χ0v) is 15.6. The molecule has 0 atom stereocenters. The van der Waals surface area contributed by atoms with E-state index in [2.05, 4.69) is 16.3 Å². The number of rotatable bonds is 9. The van der Waals surface area contributed by atoms with Gasteiger partial charge in [0.05, 0.1) is 13.2 Å². The lowest BCUT2D eigenvalue weighted by Gasteiger charge is -2.26. The molecule has 0 bridgehead atoms. The molecule has 26 heavy (non-hydrogen) atoms. The molecule has 1 aromatic carbocycles. The highest BCUT2D eigenvalue weighted by molar-refractivity contribution is 5.78. The van der Waals surface area contributed by atoms with Crippen LogP contribution in [-0.2, 0) is 16.1 Å². The largest absolute Gasteiger partial charge is 0.483 e. The number of morpholine rings is 1. The van der Waals surface area contributed by atoms with Gasteiger partial charge in [0.25, 0.3) is 5.91 Å². The lowest BCUT2D eigenvalue weighted by atomic mass is 10.2. The summed E-state index contributed by atoms with van der Waals surface area (Å²) in [6.07, 6.45) is 3.34. The molecular weight excluding hydrogens is 330 g/mol. The van der Waals surface area contributed by atoms with Crippen LogP contribution in [0.5, 0.6) is 5.75 Å². The van der Waals surface area contributed by atoms with E-state index in [9.17, 15) is 4.79 Å². The zero-order chi connectivity index (χ0) is 18.0. The van der Waals surface area contributed by atoms with Crippen LogP contribution in [0.1, 0.15) is 24.8 Å². The maximum Gasteiger partial charge on any atom is 0.260 e. The highest BCUT2D eigenvalue weighted by atomic mass is 16.5. The number of nitrogens with zero attached hydrogens (tertiary/aromatic N) is 2. The normalized spacial score (nSPS) is 18.2. The smallest absolute Gasteiger partial charge is 0.260 e. The topological polar surface area (TPSA) is 54.0 Å².